The Labute approximate surface area is 218 Å². The quantitative estimate of drug-likeness (QED) is 0.0862. The third-order valence-electron chi connectivity index (χ3n) is 5.94. The van der Waals surface area contributed by atoms with Gasteiger partial charge in [-0.2, -0.15) is 8.42 Å². The average molecular weight is 536 g/mol. The standard InChI is InChI=1S/C26H37N3O7S/c1-2-18(19-10-14-22(15-11-19)36-25(7-4-16-30)29-26(27)28)17-23(37(33,34)35)5-3-6-24(32)20-8-12-21(31)13-9-20/h3,6,8-15,18,23-25,30-32H,2,4-5,7,16-17H2,1H3,(H4,27,28,29)(H,33,34,35). The molecule has 2 aromatic carbocycles. The number of aromatic hydroxyl groups is 1. The Balaban J connectivity index is 2.08. The first-order chi connectivity index (χ1) is 17.5. The number of guanidine groups is 1. The highest BCUT2D eigenvalue weighted by Gasteiger charge is 2.26. The molecule has 0 saturated heterocycles. The van der Waals surface area contributed by atoms with Crippen LogP contribution in [0.3, 0.4) is 0 Å². The topological polar surface area (TPSA) is 189 Å². The summed E-state index contributed by atoms with van der Waals surface area (Å²) in [6.45, 7) is 1.92. The first-order valence-corrected chi connectivity index (χ1v) is 13.6. The van der Waals surface area contributed by atoms with Crippen molar-refractivity contribution in [2.24, 2.45) is 16.5 Å². The van der Waals surface area contributed by atoms with Crippen molar-refractivity contribution in [3.63, 3.8) is 0 Å². The highest BCUT2D eigenvalue weighted by Crippen LogP contribution is 2.30. The molecule has 0 fully saturated rings. The van der Waals surface area contributed by atoms with E-state index in [1.165, 1.54) is 24.3 Å². The molecule has 37 heavy (non-hydrogen) atoms. The number of rotatable bonds is 15. The molecule has 2 rings (SSSR count). The van der Waals surface area contributed by atoms with Gasteiger partial charge in [-0.1, -0.05) is 43.3 Å². The van der Waals surface area contributed by atoms with Crippen LogP contribution in [0.1, 0.15) is 62.2 Å². The van der Waals surface area contributed by atoms with Crippen LogP contribution in [0.2, 0.25) is 0 Å². The monoisotopic (exact) mass is 535 g/mol. The van der Waals surface area contributed by atoms with Gasteiger partial charge in [0.15, 0.2) is 12.2 Å². The van der Waals surface area contributed by atoms with Crippen molar-refractivity contribution < 1.29 is 33.0 Å². The van der Waals surface area contributed by atoms with Crippen molar-refractivity contribution in [1.82, 2.24) is 0 Å². The van der Waals surface area contributed by atoms with Gasteiger partial charge in [0.1, 0.15) is 11.5 Å². The maximum absolute atomic E-state index is 12.1. The summed E-state index contributed by atoms with van der Waals surface area (Å²) >= 11 is 0. The van der Waals surface area contributed by atoms with Gasteiger partial charge in [-0.15, -0.1) is 0 Å². The van der Waals surface area contributed by atoms with Gasteiger partial charge in [-0.3, -0.25) is 4.55 Å². The molecular formula is C26H37N3O7S. The van der Waals surface area contributed by atoms with Crippen LogP contribution in [-0.2, 0) is 10.1 Å². The van der Waals surface area contributed by atoms with Gasteiger partial charge in [-0.05, 0) is 67.0 Å². The summed E-state index contributed by atoms with van der Waals surface area (Å²) in [7, 11) is -4.34. The van der Waals surface area contributed by atoms with Gasteiger partial charge in [0.05, 0.1) is 11.4 Å². The molecule has 2 aromatic rings. The van der Waals surface area contributed by atoms with Gasteiger partial charge in [0, 0.05) is 13.0 Å². The molecule has 8 N–H and O–H groups in total. The number of phenols is 1. The van der Waals surface area contributed by atoms with E-state index < -0.39 is 27.7 Å². The van der Waals surface area contributed by atoms with E-state index in [0.717, 1.165) is 5.56 Å². The smallest absolute Gasteiger partial charge is 0.268 e. The Hall–Kier alpha value is -3.12. The lowest BCUT2D eigenvalue weighted by Crippen LogP contribution is -2.27. The van der Waals surface area contributed by atoms with Crippen LogP contribution in [-0.4, -0.2) is 52.3 Å². The number of hydrogen-bond donors (Lipinski definition) is 6. The zero-order chi connectivity index (χ0) is 27.4. The number of aliphatic hydroxyl groups excluding tert-OH is 2. The number of nitrogens with two attached hydrogens (primary N) is 2. The Bertz CT molecular complexity index is 1120. The predicted octanol–water partition coefficient (Wildman–Crippen LogP) is 2.96. The predicted molar refractivity (Wildman–Crippen MR) is 143 cm³/mol. The van der Waals surface area contributed by atoms with Crippen LogP contribution in [0.25, 0.3) is 0 Å². The Morgan fingerprint density at radius 2 is 1.70 bits per heavy atom. The van der Waals surface area contributed by atoms with Crippen LogP contribution < -0.4 is 16.2 Å². The summed E-state index contributed by atoms with van der Waals surface area (Å²) < 4.78 is 39.9. The summed E-state index contributed by atoms with van der Waals surface area (Å²) in [5.41, 5.74) is 12.3. The van der Waals surface area contributed by atoms with Crippen LogP contribution in [0.4, 0.5) is 0 Å². The summed E-state index contributed by atoms with van der Waals surface area (Å²) in [5, 5.41) is 27.7. The van der Waals surface area contributed by atoms with Gasteiger partial charge in [-0.25, -0.2) is 4.99 Å². The number of aliphatic hydroxyl groups is 2. The second-order valence-corrected chi connectivity index (χ2v) is 10.4. The number of ether oxygens (including phenoxy) is 1. The third-order valence-corrected chi connectivity index (χ3v) is 7.17. The van der Waals surface area contributed by atoms with Crippen LogP contribution in [0.5, 0.6) is 11.5 Å². The van der Waals surface area contributed by atoms with Crippen molar-refractivity contribution in [3.05, 3.63) is 71.8 Å². The second kappa shape index (κ2) is 14.6. The molecule has 0 aliphatic rings. The van der Waals surface area contributed by atoms with Gasteiger partial charge >= 0.3 is 0 Å². The van der Waals surface area contributed by atoms with Crippen molar-refractivity contribution in [2.75, 3.05) is 6.61 Å². The van der Waals surface area contributed by atoms with Crippen molar-refractivity contribution >= 4 is 16.1 Å². The summed E-state index contributed by atoms with van der Waals surface area (Å²) in [6.07, 6.45) is 3.12. The molecule has 0 radical (unpaired) electrons. The molecule has 204 valence electrons. The zero-order valence-corrected chi connectivity index (χ0v) is 21.7. The minimum Gasteiger partial charge on any atom is -0.508 e. The molecule has 0 spiro atoms. The number of phenolic OH excluding ortho intramolecular Hbond substituents is 1. The molecule has 0 bridgehead atoms. The minimum atomic E-state index is -4.34. The largest absolute Gasteiger partial charge is 0.508 e. The molecule has 4 atom stereocenters. The second-order valence-electron chi connectivity index (χ2n) is 8.74. The Kier molecular flexibility index (Phi) is 11.9. The van der Waals surface area contributed by atoms with E-state index in [1.807, 2.05) is 19.1 Å². The SMILES string of the molecule is CCC(CC(CC=CC(O)c1ccc(O)cc1)S(=O)(=O)O)c1ccc(OC(CCCO)N=C(N)N)cc1. The van der Waals surface area contributed by atoms with Gasteiger partial charge < -0.3 is 31.5 Å². The van der Waals surface area contributed by atoms with Gasteiger partial charge in [0.25, 0.3) is 10.1 Å². The molecule has 0 aliphatic heterocycles. The van der Waals surface area contributed by atoms with Crippen LogP contribution >= 0.6 is 0 Å². The normalized spacial score (nSPS) is 15.1. The zero-order valence-electron chi connectivity index (χ0n) is 20.8. The fourth-order valence-corrected chi connectivity index (χ4v) is 4.72. The minimum absolute atomic E-state index is 0.0170. The maximum atomic E-state index is 12.1. The third kappa shape index (κ3) is 10.4. The summed E-state index contributed by atoms with van der Waals surface area (Å²) in [6, 6.07) is 13.2. The molecule has 4 unspecified atom stereocenters. The lowest BCUT2D eigenvalue weighted by molar-refractivity contribution is 0.180. The van der Waals surface area contributed by atoms with E-state index >= 15 is 0 Å². The van der Waals surface area contributed by atoms with E-state index in [1.54, 1.807) is 24.3 Å². The fourth-order valence-electron chi connectivity index (χ4n) is 3.89. The molecule has 11 heteroatoms. The maximum Gasteiger partial charge on any atom is 0.268 e. The molecule has 0 amide bonds. The molecule has 10 nitrogen and oxygen atoms in total. The number of nitrogens with zero attached hydrogens (tertiary/aromatic N) is 1. The lowest BCUT2D eigenvalue weighted by atomic mass is 9.91. The summed E-state index contributed by atoms with van der Waals surface area (Å²) in [5.74, 6) is 0.321. The number of aliphatic imine (C=N–C) groups is 1. The van der Waals surface area contributed by atoms with E-state index in [-0.39, 0.29) is 37.1 Å². The van der Waals surface area contributed by atoms with E-state index in [9.17, 15) is 23.2 Å². The molecular weight excluding hydrogens is 498 g/mol. The van der Waals surface area contributed by atoms with Crippen LogP contribution in [0.15, 0.2) is 65.7 Å². The van der Waals surface area contributed by atoms with E-state index in [4.69, 9.17) is 21.3 Å². The van der Waals surface area contributed by atoms with E-state index in [0.29, 0.717) is 30.6 Å². The molecule has 0 aliphatic carbocycles. The van der Waals surface area contributed by atoms with Crippen molar-refractivity contribution in [3.8, 4) is 11.5 Å². The fraction of sp³-hybridized carbons (Fsp3) is 0.423. The first kappa shape index (κ1) is 30.1. The van der Waals surface area contributed by atoms with Gasteiger partial charge in [0.2, 0.25) is 0 Å². The van der Waals surface area contributed by atoms with Crippen molar-refractivity contribution in [2.45, 2.75) is 62.5 Å². The molecule has 0 heterocycles. The van der Waals surface area contributed by atoms with E-state index in [2.05, 4.69) is 4.99 Å². The Morgan fingerprint density at radius 3 is 2.24 bits per heavy atom. The highest BCUT2D eigenvalue weighted by molar-refractivity contribution is 7.86. The number of benzene rings is 2. The highest BCUT2D eigenvalue weighted by atomic mass is 32.2. The van der Waals surface area contributed by atoms with Crippen LogP contribution in [0, 0.1) is 0 Å². The first-order valence-electron chi connectivity index (χ1n) is 12.1. The lowest BCUT2D eigenvalue weighted by Gasteiger charge is -2.21. The molecule has 0 aromatic heterocycles. The summed E-state index contributed by atoms with van der Waals surface area (Å²) in [4.78, 5) is 4.02. The number of hydrogen-bond acceptors (Lipinski definition) is 7. The Morgan fingerprint density at radius 1 is 1.08 bits per heavy atom. The number of allylic oxidation sites excluding steroid dienone is 1. The van der Waals surface area contributed by atoms with Crippen molar-refractivity contribution in [1.29, 1.82) is 0 Å². The average Bonchev–Trinajstić information content (AvgIpc) is 2.84. The molecule has 0 saturated carbocycles.